The van der Waals surface area contributed by atoms with Crippen LogP contribution < -0.4 is 0 Å². The Kier molecular flexibility index (Phi) is 6.45. The van der Waals surface area contributed by atoms with Gasteiger partial charge in [0, 0.05) is 6.54 Å². The topological polar surface area (TPSA) is 86.9 Å². The van der Waals surface area contributed by atoms with Gasteiger partial charge >= 0.3 is 0 Å². The number of para-hydroxylation sites is 2. The van der Waals surface area contributed by atoms with Crippen LogP contribution in [0.4, 0.5) is 0 Å². The van der Waals surface area contributed by atoms with Crippen LogP contribution in [0, 0.1) is 5.92 Å². The van der Waals surface area contributed by atoms with Gasteiger partial charge in [-0.15, -0.1) is 0 Å². The van der Waals surface area contributed by atoms with E-state index in [9.17, 15) is 14.8 Å². The van der Waals surface area contributed by atoms with Crippen molar-refractivity contribution < 1.29 is 19.2 Å². The first kappa shape index (κ1) is 19.4. The fraction of sp³-hybridized carbons (Fsp3) is 0.550. The molecule has 1 fully saturated rings. The van der Waals surface area contributed by atoms with Crippen LogP contribution in [0.15, 0.2) is 28.7 Å². The summed E-state index contributed by atoms with van der Waals surface area (Å²) in [6.45, 7) is 2.76. The number of hydrogen-bond acceptors (Lipinski definition) is 5. The highest BCUT2D eigenvalue weighted by molar-refractivity contribution is 5.80. The van der Waals surface area contributed by atoms with Gasteiger partial charge in [-0.1, -0.05) is 38.3 Å². The number of nitrogens with zero attached hydrogens (tertiary/aromatic N) is 3. The molecular formula is C20H27N3O4. The molecule has 2 amide bonds. The van der Waals surface area contributed by atoms with Gasteiger partial charge in [0.15, 0.2) is 5.58 Å². The molecule has 27 heavy (non-hydrogen) atoms. The maximum Gasteiger partial charge on any atom is 0.233 e. The maximum absolute atomic E-state index is 13.2. The van der Waals surface area contributed by atoms with E-state index in [1.54, 1.807) is 4.90 Å². The summed E-state index contributed by atoms with van der Waals surface area (Å²) < 4.78 is 5.89. The van der Waals surface area contributed by atoms with Crippen molar-refractivity contribution in [2.24, 2.45) is 5.92 Å². The molecule has 0 saturated carbocycles. The fourth-order valence-corrected chi connectivity index (χ4v) is 3.76. The highest BCUT2D eigenvalue weighted by atomic mass is 16.5. The summed E-state index contributed by atoms with van der Waals surface area (Å²) >= 11 is 0. The zero-order valence-electron chi connectivity index (χ0n) is 15.7. The number of rotatable bonds is 9. The van der Waals surface area contributed by atoms with Gasteiger partial charge in [-0.2, -0.15) is 0 Å². The lowest BCUT2D eigenvalue weighted by molar-refractivity contribution is -0.157. The van der Waals surface area contributed by atoms with Crippen molar-refractivity contribution in [2.45, 2.75) is 51.5 Å². The summed E-state index contributed by atoms with van der Waals surface area (Å²) in [5, 5.41) is 10.2. The van der Waals surface area contributed by atoms with E-state index in [-0.39, 0.29) is 18.5 Å². The smallest absolute Gasteiger partial charge is 0.233 e. The molecule has 0 bridgehead atoms. The molecule has 2 aromatic rings. The monoisotopic (exact) mass is 373 g/mol. The summed E-state index contributed by atoms with van der Waals surface area (Å²) in [6, 6.07) is 7.37. The molecule has 0 radical (unpaired) electrons. The van der Waals surface area contributed by atoms with Crippen LogP contribution >= 0.6 is 0 Å². The van der Waals surface area contributed by atoms with Gasteiger partial charge < -0.3 is 9.32 Å². The molecular weight excluding hydrogens is 346 g/mol. The lowest BCUT2D eigenvalue weighted by Crippen LogP contribution is -2.40. The van der Waals surface area contributed by atoms with Crippen LogP contribution in [0.5, 0.6) is 0 Å². The van der Waals surface area contributed by atoms with Gasteiger partial charge in [-0.25, -0.2) is 10.0 Å². The molecule has 0 spiro atoms. The van der Waals surface area contributed by atoms with Crippen LogP contribution in [-0.2, 0) is 9.59 Å². The molecule has 2 heterocycles. The molecule has 0 aliphatic carbocycles. The molecule has 3 rings (SSSR count). The van der Waals surface area contributed by atoms with Crippen LogP contribution in [0.3, 0.4) is 0 Å². The second-order valence-corrected chi connectivity index (χ2v) is 7.13. The first-order chi connectivity index (χ1) is 13.1. The van der Waals surface area contributed by atoms with E-state index in [1.165, 1.54) is 0 Å². The van der Waals surface area contributed by atoms with E-state index >= 15 is 0 Å². The first-order valence-corrected chi connectivity index (χ1v) is 9.70. The molecule has 1 aromatic heterocycles. The van der Waals surface area contributed by atoms with Gasteiger partial charge in [0.25, 0.3) is 0 Å². The Morgan fingerprint density at radius 1 is 1.44 bits per heavy atom. The molecule has 7 nitrogen and oxygen atoms in total. The van der Waals surface area contributed by atoms with Crippen molar-refractivity contribution in [3.63, 3.8) is 0 Å². The Balaban J connectivity index is 1.77. The number of likely N-dealkylation sites (tertiary alicyclic amines) is 1. The third-order valence-corrected chi connectivity index (χ3v) is 5.17. The number of oxazole rings is 1. The van der Waals surface area contributed by atoms with Gasteiger partial charge in [0.1, 0.15) is 11.6 Å². The molecule has 1 N–H and O–H groups in total. The molecule has 7 heteroatoms. The van der Waals surface area contributed by atoms with Crippen LogP contribution in [-0.4, -0.2) is 45.6 Å². The predicted molar refractivity (Wildman–Crippen MR) is 99.9 cm³/mol. The number of carbonyl (C=O) groups is 2. The van der Waals surface area contributed by atoms with E-state index < -0.39 is 5.92 Å². The van der Waals surface area contributed by atoms with E-state index in [4.69, 9.17) is 4.42 Å². The lowest BCUT2D eigenvalue weighted by atomic mass is 9.99. The zero-order chi connectivity index (χ0) is 19.2. The standard InChI is InChI=1S/C20H27N3O4/c1-2-3-4-8-15(13-22(26)14-24)20(25)23-12-7-10-17(23)19-21-16-9-5-6-11-18(16)27-19/h5-6,9,11,14-15,17,26H,2-4,7-8,10,12-13H2,1H3/t15-,17+/m1/s1. The van der Waals surface area contributed by atoms with Gasteiger partial charge in [0.2, 0.25) is 18.2 Å². The van der Waals surface area contributed by atoms with E-state index in [1.807, 2.05) is 24.3 Å². The SMILES string of the molecule is CCCCC[C@H](CN(O)C=O)C(=O)N1CCC[C@H]1c1nc2ccccc2o1. The molecule has 146 valence electrons. The largest absolute Gasteiger partial charge is 0.438 e. The second-order valence-electron chi connectivity index (χ2n) is 7.13. The number of hydroxylamine groups is 2. The summed E-state index contributed by atoms with van der Waals surface area (Å²) in [5.41, 5.74) is 1.50. The summed E-state index contributed by atoms with van der Waals surface area (Å²) in [6.07, 6.45) is 5.64. The normalized spacial score (nSPS) is 18.0. The fourth-order valence-electron chi connectivity index (χ4n) is 3.76. The summed E-state index contributed by atoms with van der Waals surface area (Å²) in [7, 11) is 0. The predicted octanol–water partition coefficient (Wildman–Crippen LogP) is 3.54. The van der Waals surface area contributed by atoms with Crippen molar-refractivity contribution in [1.82, 2.24) is 14.9 Å². The third-order valence-electron chi connectivity index (χ3n) is 5.17. The molecule has 2 atom stereocenters. The average Bonchev–Trinajstić information content (AvgIpc) is 3.32. The van der Waals surface area contributed by atoms with Crippen molar-refractivity contribution in [3.8, 4) is 0 Å². The summed E-state index contributed by atoms with van der Waals surface area (Å²) in [4.78, 5) is 30.4. The number of amides is 2. The Bertz CT molecular complexity index is 742. The summed E-state index contributed by atoms with van der Waals surface area (Å²) in [5.74, 6) is 0.0964. The second kappa shape index (κ2) is 8.99. The number of benzene rings is 1. The molecule has 1 aromatic carbocycles. The highest BCUT2D eigenvalue weighted by Gasteiger charge is 2.37. The maximum atomic E-state index is 13.2. The molecule has 1 aliphatic heterocycles. The highest BCUT2D eigenvalue weighted by Crippen LogP contribution is 2.34. The number of carbonyl (C=O) groups excluding carboxylic acids is 2. The Hall–Kier alpha value is -2.41. The zero-order valence-corrected chi connectivity index (χ0v) is 15.7. The number of unbranched alkanes of at least 4 members (excludes halogenated alkanes) is 2. The first-order valence-electron chi connectivity index (χ1n) is 9.70. The minimum absolute atomic E-state index is 0.0167. The van der Waals surface area contributed by atoms with E-state index in [0.29, 0.717) is 35.9 Å². The lowest BCUT2D eigenvalue weighted by Gasteiger charge is -2.28. The average molecular weight is 373 g/mol. The molecule has 1 saturated heterocycles. The van der Waals surface area contributed by atoms with Crippen molar-refractivity contribution in [2.75, 3.05) is 13.1 Å². The molecule has 1 aliphatic rings. The third kappa shape index (κ3) is 4.47. The Morgan fingerprint density at radius 2 is 2.26 bits per heavy atom. The van der Waals surface area contributed by atoms with Gasteiger partial charge in [-0.3, -0.25) is 14.8 Å². The van der Waals surface area contributed by atoms with Crippen LogP contribution in [0.1, 0.15) is 57.4 Å². The number of hydrogen-bond donors (Lipinski definition) is 1. The van der Waals surface area contributed by atoms with E-state index in [0.717, 1.165) is 37.6 Å². The number of aromatic nitrogens is 1. The van der Waals surface area contributed by atoms with Crippen LogP contribution in [0.2, 0.25) is 0 Å². The minimum Gasteiger partial charge on any atom is -0.438 e. The van der Waals surface area contributed by atoms with Crippen molar-refractivity contribution >= 4 is 23.4 Å². The van der Waals surface area contributed by atoms with Crippen LogP contribution in [0.25, 0.3) is 11.1 Å². The quantitative estimate of drug-likeness (QED) is 0.314. The van der Waals surface area contributed by atoms with Crippen molar-refractivity contribution in [1.29, 1.82) is 0 Å². The van der Waals surface area contributed by atoms with Crippen molar-refractivity contribution in [3.05, 3.63) is 30.2 Å². The van der Waals surface area contributed by atoms with E-state index in [2.05, 4.69) is 11.9 Å². The Labute approximate surface area is 158 Å². The minimum atomic E-state index is -0.420. The van der Waals surface area contributed by atoms with Gasteiger partial charge in [0.05, 0.1) is 12.5 Å². The number of fused-ring (bicyclic) bond motifs is 1. The Morgan fingerprint density at radius 3 is 3.00 bits per heavy atom. The molecule has 0 unspecified atom stereocenters. The van der Waals surface area contributed by atoms with Gasteiger partial charge in [-0.05, 0) is 31.4 Å².